The van der Waals surface area contributed by atoms with Gasteiger partial charge < -0.3 is 25.2 Å². The molecule has 2 amide bonds. The third-order valence-electron chi connectivity index (χ3n) is 15.4. The molecule has 2 bridgehead atoms. The Kier molecular flexibility index (Phi) is 12.6. The molecular formula is C41H71N3O6. The van der Waals surface area contributed by atoms with E-state index in [1.54, 1.807) is 6.92 Å². The molecule has 9 heteroatoms. The standard InChI is InChI=1S/C41H71N3O6/c1-25-33-21-31(41(33,3)4)22-34(25)42-39(47)37-36(26(2)46)35(24-45)50-44(37)23-30-13-10-14-32(38(30)49-6)28-15-17-29(18-16-28)40(48)43(5)20-19-27-11-8-7-9-12-27/h25-38,45-46H,7-24H2,1-6H3,(H,42,47)/t25-,26?,28?,29?,30?,31+,32?,33-,34-,35-,36?,37-,38?/m0/s1. The molecule has 286 valence electrons. The number of amides is 2. The van der Waals surface area contributed by atoms with Crippen LogP contribution in [-0.2, 0) is 19.2 Å². The molecule has 1 aliphatic heterocycles. The number of carbonyl (C=O) groups is 2. The molecule has 7 aliphatic rings. The molecule has 7 fully saturated rings. The second-order valence-corrected chi connectivity index (χ2v) is 18.5. The number of hydroxylamine groups is 2. The van der Waals surface area contributed by atoms with Gasteiger partial charge in [-0.1, -0.05) is 59.3 Å². The number of methoxy groups -OCH3 is 1. The van der Waals surface area contributed by atoms with E-state index in [0.29, 0.717) is 47.5 Å². The van der Waals surface area contributed by atoms with Gasteiger partial charge in [0.15, 0.2) is 0 Å². The first-order valence-electron chi connectivity index (χ1n) is 20.7. The van der Waals surface area contributed by atoms with Crippen LogP contribution in [0.2, 0.25) is 0 Å². The van der Waals surface area contributed by atoms with E-state index in [1.165, 1.54) is 38.5 Å². The molecule has 5 unspecified atom stereocenters. The molecule has 1 heterocycles. The third kappa shape index (κ3) is 7.83. The first-order valence-corrected chi connectivity index (χ1v) is 20.7. The fourth-order valence-corrected chi connectivity index (χ4v) is 12.2. The number of nitrogens with zero attached hydrogens (tertiary/aromatic N) is 2. The van der Waals surface area contributed by atoms with E-state index in [0.717, 1.165) is 70.3 Å². The Labute approximate surface area is 302 Å². The number of nitrogens with one attached hydrogen (secondary N) is 1. The fourth-order valence-electron chi connectivity index (χ4n) is 12.2. The minimum atomic E-state index is -0.800. The smallest absolute Gasteiger partial charge is 0.240 e. The number of fused-ring (bicyclic) bond motifs is 2. The zero-order valence-electron chi connectivity index (χ0n) is 32.2. The lowest BCUT2D eigenvalue weighted by molar-refractivity contribution is -0.193. The van der Waals surface area contributed by atoms with Crippen molar-refractivity contribution in [2.45, 2.75) is 154 Å². The number of rotatable bonds is 12. The zero-order valence-corrected chi connectivity index (χ0v) is 32.2. The number of ether oxygens (including phenoxy) is 1. The summed E-state index contributed by atoms with van der Waals surface area (Å²) in [5.74, 6) is 3.42. The quantitative estimate of drug-likeness (QED) is 0.236. The average molecular weight is 702 g/mol. The van der Waals surface area contributed by atoms with Crippen molar-refractivity contribution >= 4 is 11.8 Å². The van der Waals surface area contributed by atoms with Gasteiger partial charge in [0.25, 0.3) is 0 Å². The Balaban J connectivity index is 1.06. The van der Waals surface area contributed by atoms with E-state index in [9.17, 15) is 19.8 Å². The second kappa shape index (κ2) is 16.4. The highest BCUT2D eigenvalue weighted by Crippen LogP contribution is 2.61. The highest BCUT2D eigenvalue weighted by atomic mass is 16.7. The molecule has 0 spiro atoms. The van der Waals surface area contributed by atoms with Crippen LogP contribution in [0.1, 0.15) is 124 Å². The number of carbonyl (C=O) groups excluding carboxylic acids is 2. The lowest BCUT2D eigenvalue weighted by Crippen LogP contribution is -2.62. The Hall–Kier alpha value is -1.26. The molecule has 50 heavy (non-hydrogen) atoms. The molecule has 0 aromatic rings. The Morgan fingerprint density at radius 1 is 1.02 bits per heavy atom. The summed E-state index contributed by atoms with van der Waals surface area (Å²) >= 11 is 0. The Morgan fingerprint density at radius 3 is 2.36 bits per heavy atom. The van der Waals surface area contributed by atoms with Crippen LogP contribution in [0.25, 0.3) is 0 Å². The molecule has 1 saturated heterocycles. The summed E-state index contributed by atoms with van der Waals surface area (Å²) in [7, 11) is 3.84. The third-order valence-corrected chi connectivity index (χ3v) is 15.4. The maximum atomic E-state index is 14.2. The largest absolute Gasteiger partial charge is 0.394 e. The molecular weight excluding hydrogens is 630 g/mol. The maximum Gasteiger partial charge on any atom is 0.240 e. The summed E-state index contributed by atoms with van der Waals surface area (Å²) < 4.78 is 6.32. The highest BCUT2D eigenvalue weighted by molar-refractivity contribution is 5.83. The maximum absolute atomic E-state index is 14.2. The van der Waals surface area contributed by atoms with Gasteiger partial charge in [-0.25, -0.2) is 0 Å². The van der Waals surface area contributed by atoms with Crippen molar-refractivity contribution in [3.05, 3.63) is 0 Å². The van der Waals surface area contributed by atoms with E-state index >= 15 is 0 Å². The number of hydrogen-bond acceptors (Lipinski definition) is 7. The Bertz CT molecular complexity index is 1140. The van der Waals surface area contributed by atoms with Crippen molar-refractivity contribution in [3.8, 4) is 0 Å². The zero-order chi connectivity index (χ0) is 35.7. The monoisotopic (exact) mass is 702 g/mol. The van der Waals surface area contributed by atoms with E-state index in [1.807, 2.05) is 24.1 Å². The predicted molar refractivity (Wildman–Crippen MR) is 195 cm³/mol. The van der Waals surface area contributed by atoms with E-state index in [2.05, 4.69) is 26.1 Å². The van der Waals surface area contributed by atoms with Gasteiger partial charge in [-0.2, -0.15) is 5.06 Å². The number of aliphatic hydroxyl groups is 2. The van der Waals surface area contributed by atoms with Gasteiger partial charge in [0.2, 0.25) is 11.8 Å². The van der Waals surface area contributed by atoms with Crippen LogP contribution in [0.5, 0.6) is 0 Å². The van der Waals surface area contributed by atoms with Crippen molar-refractivity contribution in [1.29, 1.82) is 0 Å². The number of aliphatic hydroxyl groups excluding tert-OH is 2. The minimum Gasteiger partial charge on any atom is -0.394 e. The SMILES string of the molecule is COC1C(CN2O[C@@H](CO)C(C(C)O)[C@H]2C(=O)N[C@H]2C[C@H]3C[C@@H]([C@@H]2C)C3(C)C)CCCC1C1CCC(C(=O)N(C)CCC2CCCCC2)CC1. The summed E-state index contributed by atoms with van der Waals surface area (Å²) in [5, 5.41) is 26.5. The van der Waals surface area contributed by atoms with Gasteiger partial charge in [-0.05, 0) is 106 Å². The van der Waals surface area contributed by atoms with Crippen molar-refractivity contribution in [2.75, 3.05) is 33.9 Å². The molecule has 6 saturated carbocycles. The summed E-state index contributed by atoms with van der Waals surface area (Å²) in [6.45, 7) is 9.92. The summed E-state index contributed by atoms with van der Waals surface area (Å²) in [6, 6.07) is -0.548. The molecule has 3 N–H and O–H groups in total. The minimum absolute atomic E-state index is 0.0392. The van der Waals surface area contributed by atoms with Crippen LogP contribution in [0.4, 0.5) is 0 Å². The summed E-state index contributed by atoms with van der Waals surface area (Å²) in [4.78, 5) is 36.0. The predicted octanol–water partition coefficient (Wildman–Crippen LogP) is 5.81. The molecule has 11 atom stereocenters. The summed E-state index contributed by atoms with van der Waals surface area (Å²) in [6.07, 6.45) is 16.0. The molecule has 0 aromatic carbocycles. The van der Waals surface area contributed by atoms with Crippen molar-refractivity contribution in [1.82, 2.24) is 15.3 Å². The van der Waals surface area contributed by atoms with Crippen LogP contribution in [0, 0.1) is 58.7 Å². The van der Waals surface area contributed by atoms with Gasteiger partial charge in [0.1, 0.15) is 12.1 Å². The topological polar surface area (TPSA) is 112 Å². The Morgan fingerprint density at radius 2 is 1.74 bits per heavy atom. The lowest BCUT2D eigenvalue weighted by Gasteiger charge is -2.62. The van der Waals surface area contributed by atoms with Gasteiger partial charge in [-0.3, -0.25) is 14.4 Å². The van der Waals surface area contributed by atoms with Crippen LogP contribution >= 0.6 is 0 Å². The molecule has 6 aliphatic carbocycles. The van der Waals surface area contributed by atoms with Crippen molar-refractivity contribution in [2.24, 2.45) is 58.7 Å². The van der Waals surface area contributed by atoms with Crippen LogP contribution < -0.4 is 5.32 Å². The van der Waals surface area contributed by atoms with Gasteiger partial charge >= 0.3 is 0 Å². The van der Waals surface area contributed by atoms with E-state index < -0.39 is 24.2 Å². The van der Waals surface area contributed by atoms with E-state index in [4.69, 9.17) is 9.57 Å². The van der Waals surface area contributed by atoms with Crippen molar-refractivity contribution in [3.63, 3.8) is 0 Å². The molecule has 0 aromatic heterocycles. The highest BCUT2D eigenvalue weighted by Gasteiger charge is 2.58. The molecule has 7 rings (SSSR count). The van der Waals surface area contributed by atoms with Gasteiger partial charge in [0.05, 0.1) is 18.8 Å². The molecule has 0 radical (unpaired) electrons. The molecule has 9 nitrogen and oxygen atoms in total. The van der Waals surface area contributed by atoms with Gasteiger partial charge in [-0.15, -0.1) is 0 Å². The lowest BCUT2D eigenvalue weighted by atomic mass is 9.45. The van der Waals surface area contributed by atoms with Crippen LogP contribution in [-0.4, -0.2) is 96.2 Å². The van der Waals surface area contributed by atoms with Crippen LogP contribution in [0.15, 0.2) is 0 Å². The fraction of sp³-hybridized carbons (Fsp3) is 0.951. The summed E-state index contributed by atoms with van der Waals surface area (Å²) in [5.41, 5.74) is 0.333. The second-order valence-electron chi connectivity index (χ2n) is 18.5. The van der Waals surface area contributed by atoms with Crippen LogP contribution in [0.3, 0.4) is 0 Å². The average Bonchev–Trinajstić information content (AvgIpc) is 3.50. The normalized spacial score (nSPS) is 41.3. The number of hydrogen-bond donors (Lipinski definition) is 3. The van der Waals surface area contributed by atoms with E-state index in [-0.39, 0.29) is 36.5 Å². The van der Waals surface area contributed by atoms with Crippen molar-refractivity contribution < 1.29 is 29.4 Å². The first kappa shape index (κ1) is 38.5. The first-order chi connectivity index (χ1) is 23.9. The van der Waals surface area contributed by atoms with Gasteiger partial charge in [0, 0.05) is 51.0 Å².